The van der Waals surface area contributed by atoms with Gasteiger partial charge in [0.2, 0.25) is 6.29 Å². The van der Waals surface area contributed by atoms with Gasteiger partial charge in [0.05, 0.1) is 6.61 Å². The van der Waals surface area contributed by atoms with E-state index in [0.717, 1.165) is 37.8 Å². The van der Waals surface area contributed by atoms with Gasteiger partial charge in [-0.3, -0.25) is 4.57 Å². The zero-order chi connectivity index (χ0) is 20.3. The Morgan fingerprint density at radius 2 is 1.80 bits per heavy atom. The van der Waals surface area contributed by atoms with Crippen LogP contribution >= 0.6 is 27.7 Å². The molecule has 0 saturated heterocycles. The predicted octanol–water partition coefficient (Wildman–Crippen LogP) is 5.93. The van der Waals surface area contributed by atoms with E-state index in [9.17, 15) is 0 Å². The SMILES string of the molecule is Brc1cc2c(c(CSc3nncn3-c3ccccc3)c1)O[C@H](c1ccccc1)OC2. The van der Waals surface area contributed by atoms with Gasteiger partial charge in [-0.2, -0.15) is 0 Å². The minimum absolute atomic E-state index is 0.406. The molecule has 0 fully saturated rings. The van der Waals surface area contributed by atoms with Gasteiger partial charge in [-0.15, -0.1) is 10.2 Å². The van der Waals surface area contributed by atoms with Crippen molar-refractivity contribution in [1.82, 2.24) is 14.8 Å². The number of nitrogens with zero attached hydrogens (tertiary/aromatic N) is 3. The fourth-order valence-corrected chi connectivity index (χ4v) is 4.84. The van der Waals surface area contributed by atoms with Crippen LogP contribution in [-0.4, -0.2) is 14.8 Å². The number of rotatable bonds is 5. The summed E-state index contributed by atoms with van der Waals surface area (Å²) in [6.45, 7) is 0.506. The Balaban J connectivity index is 1.40. The molecule has 0 unspecified atom stereocenters. The first kappa shape index (κ1) is 19.4. The molecule has 7 heteroatoms. The van der Waals surface area contributed by atoms with Crippen LogP contribution in [0.1, 0.15) is 23.0 Å². The maximum absolute atomic E-state index is 6.29. The highest BCUT2D eigenvalue weighted by molar-refractivity contribution is 9.10. The Labute approximate surface area is 187 Å². The van der Waals surface area contributed by atoms with Crippen LogP contribution in [0.4, 0.5) is 0 Å². The zero-order valence-electron chi connectivity index (χ0n) is 15.9. The van der Waals surface area contributed by atoms with E-state index >= 15 is 0 Å². The van der Waals surface area contributed by atoms with Crippen molar-refractivity contribution in [2.24, 2.45) is 0 Å². The number of halogens is 1. The molecular weight excluding hydrogens is 462 g/mol. The van der Waals surface area contributed by atoms with E-state index in [-0.39, 0.29) is 0 Å². The first-order chi connectivity index (χ1) is 14.8. The molecule has 0 bridgehead atoms. The minimum atomic E-state index is -0.406. The molecule has 0 saturated carbocycles. The van der Waals surface area contributed by atoms with Crippen molar-refractivity contribution in [1.29, 1.82) is 0 Å². The molecular formula is C23H18BrN3O2S. The molecule has 1 aliphatic rings. The Morgan fingerprint density at radius 3 is 2.60 bits per heavy atom. The summed E-state index contributed by atoms with van der Waals surface area (Å²) in [5.74, 6) is 1.59. The third-order valence-corrected chi connectivity index (χ3v) is 6.25. The van der Waals surface area contributed by atoms with Crippen molar-refractivity contribution >= 4 is 27.7 Å². The first-order valence-electron chi connectivity index (χ1n) is 9.51. The lowest BCUT2D eigenvalue weighted by Gasteiger charge is -2.28. The summed E-state index contributed by atoms with van der Waals surface area (Å²) in [4.78, 5) is 0. The van der Waals surface area contributed by atoms with Crippen LogP contribution < -0.4 is 4.74 Å². The fraction of sp³-hybridized carbons (Fsp3) is 0.130. The second-order valence-electron chi connectivity index (χ2n) is 6.83. The van der Waals surface area contributed by atoms with E-state index in [4.69, 9.17) is 9.47 Å². The third-order valence-electron chi connectivity index (χ3n) is 4.80. The Kier molecular flexibility index (Phi) is 5.57. The molecule has 0 spiro atoms. The second kappa shape index (κ2) is 8.63. The first-order valence-corrected chi connectivity index (χ1v) is 11.3. The average Bonchev–Trinajstić information content (AvgIpc) is 3.27. The number of fused-ring (bicyclic) bond motifs is 1. The molecule has 0 N–H and O–H groups in total. The molecule has 1 atom stereocenters. The summed E-state index contributed by atoms with van der Waals surface area (Å²) in [5.41, 5.74) is 4.18. The van der Waals surface area contributed by atoms with Gasteiger partial charge in [0.15, 0.2) is 5.16 Å². The van der Waals surface area contributed by atoms with Crippen LogP contribution in [0.2, 0.25) is 0 Å². The van der Waals surface area contributed by atoms with Crippen LogP contribution in [0.5, 0.6) is 5.75 Å². The summed E-state index contributed by atoms with van der Waals surface area (Å²) in [5, 5.41) is 9.24. The highest BCUT2D eigenvalue weighted by atomic mass is 79.9. The van der Waals surface area contributed by atoms with Crippen LogP contribution in [0, 0.1) is 0 Å². The van der Waals surface area contributed by atoms with Crippen molar-refractivity contribution < 1.29 is 9.47 Å². The Bertz CT molecular complexity index is 1150. The molecule has 5 rings (SSSR count). The molecule has 3 aromatic carbocycles. The number of benzene rings is 3. The molecule has 0 aliphatic carbocycles. The molecule has 1 aromatic heterocycles. The summed E-state index contributed by atoms with van der Waals surface area (Å²) in [7, 11) is 0. The van der Waals surface area contributed by atoms with Crippen LogP contribution in [-0.2, 0) is 17.1 Å². The molecule has 2 heterocycles. The predicted molar refractivity (Wildman–Crippen MR) is 120 cm³/mol. The lowest BCUT2D eigenvalue weighted by atomic mass is 10.1. The summed E-state index contributed by atoms with van der Waals surface area (Å²) >= 11 is 5.25. The van der Waals surface area contributed by atoms with E-state index in [1.807, 2.05) is 65.2 Å². The standard InChI is InChI=1S/C23H18BrN3O2S/c24-19-11-17-13-28-22(16-7-3-1-4-8-16)29-21(17)18(12-19)14-30-23-26-25-15-27(23)20-9-5-2-6-10-20/h1-12,15,22H,13-14H2/t22-/m1/s1. The van der Waals surface area contributed by atoms with Gasteiger partial charge in [-0.05, 0) is 24.3 Å². The normalized spacial score (nSPS) is 15.4. The average molecular weight is 480 g/mol. The van der Waals surface area contributed by atoms with E-state index in [1.165, 1.54) is 0 Å². The molecule has 4 aromatic rings. The molecule has 1 aliphatic heterocycles. The number of hydrogen-bond donors (Lipinski definition) is 0. The van der Waals surface area contributed by atoms with Gasteiger partial charge < -0.3 is 9.47 Å². The number of thioether (sulfide) groups is 1. The van der Waals surface area contributed by atoms with Crippen LogP contribution in [0.15, 0.2) is 88.8 Å². The van der Waals surface area contributed by atoms with Gasteiger partial charge in [0, 0.05) is 32.6 Å². The summed E-state index contributed by atoms with van der Waals surface area (Å²) in [6, 6.07) is 24.3. The quantitative estimate of drug-likeness (QED) is 0.332. The minimum Gasteiger partial charge on any atom is -0.460 e. The maximum Gasteiger partial charge on any atom is 0.227 e. The fourth-order valence-electron chi connectivity index (χ4n) is 3.39. The van der Waals surface area contributed by atoms with Crippen molar-refractivity contribution in [2.45, 2.75) is 23.8 Å². The zero-order valence-corrected chi connectivity index (χ0v) is 18.3. The van der Waals surface area contributed by atoms with E-state index in [1.54, 1.807) is 18.1 Å². The smallest absolute Gasteiger partial charge is 0.227 e. The third kappa shape index (κ3) is 4.01. The molecule has 0 radical (unpaired) electrons. The molecule has 0 amide bonds. The van der Waals surface area contributed by atoms with E-state index in [2.05, 4.69) is 38.3 Å². The van der Waals surface area contributed by atoms with Crippen LogP contribution in [0.3, 0.4) is 0 Å². The molecule has 30 heavy (non-hydrogen) atoms. The Morgan fingerprint density at radius 1 is 1.03 bits per heavy atom. The highest BCUT2D eigenvalue weighted by Crippen LogP contribution is 2.40. The van der Waals surface area contributed by atoms with E-state index < -0.39 is 6.29 Å². The largest absolute Gasteiger partial charge is 0.460 e. The summed E-state index contributed by atoms with van der Waals surface area (Å²) < 4.78 is 15.2. The number of hydrogen-bond acceptors (Lipinski definition) is 5. The highest BCUT2D eigenvalue weighted by Gasteiger charge is 2.25. The second-order valence-corrected chi connectivity index (χ2v) is 8.69. The van der Waals surface area contributed by atoms with Gasteiger partial charge in [0.25, 0.3) is 0 Å². The van der Waals surface area contributed by atoms with E-state index in [0.29, 0.717) is 12.4 Å². The Hall–Kier alpha value is -2.61. The molecule has 5 nitrogen and oxygen atoms in total. The topological polar surface area (TPSA) is 49.2 Å². The maximum atomic E-state index is 6.29. The monoisotopic (exact) mass is 479 g/mol. The number of para-hydroxylation sites is 1. The van der Waals surface area contributed by atoms with Gasteiger partial charge in [-0.25, -0.2) is 0 Å². The number of ether oxygens (including phenoxy) is 2. The lowest BCUT2D eigenvalue weighted by Crippen LogP contribution is -2.19. The molecule has 150 valence electrons. The lowest BCUT2D eigenvalue weighted by molar-refractivity contribution is -0.111. The summed E-state index contributed by atoms with van der Waals surface area (Å²) in [6.07, 6.45) is 1.33. The van der Waals surface area contributed by atoms with Crippen LogP contribution in [0.25, 0.3) is 5.69 Å². The van der Waals surface area contributed by atoms with Crippen molar-refractivity contribution in [3.05, 3.63) is 100 Å². The van der Waals surface area contributed by atoms with Gasteiger partial charge >= 0.3 is 0 Å². The number of aromatic nitrogens is 3. The van der Waals surface area contributed by atoms with Crippen molar-refractivity contribution in [2.75, 3.05) is 0 Å². The van der Waals surface area contributed by atoms with Gasteiger partial charge in [0.1, 0.15) is 12.1 Å². The van der Waals surface area contributed by atoms with Gasteiger partial charge in [-0.1, -0.05) is 76.2 Å². The van der Waals surface area contributed by atoms with Crippen molar-refractivity contribution in [3.8, 4) is 11.4 Å². The van der Waals surface area contributed by atoms with Crippen molar-refractivity contribution in [3.63, 3.8) is 0 Å².